The number of nitrogens with one attached hydrogen (secondary N) is 1. The number of unbranched alkanes of at least 4 members (excludes halogenated alkanes) is 2. The van der Waals surface area contributed by atoms with E-state index in [2.05, 4.69) is 17.5 Å². The second-order valence-electron chi connectivity index (χ2n) is 6.10. The third-order valence-electron chi connectivity index (χ3n) is 3.90. The first-order valence-electron chi connectivity index (χ1n) is 9.03. The summed E-state index contributed by atoms with van der Waals surface area (Å²) in [5.74, 6) is 1.26. The van der Waals surface area contributed by atoms with Gasteiger partial charge in [0.15, 0.2) is 11.5 Å². The molecule has 0 bridgehead atoms. The fourth-order valence-corrected chi connectivity index (χ4v) is 2.44. The Bertz CT molecular complexity index is 757. The molecule has 0 aliphatic heterocycles. The van der Waals surface area contributed by atoms with Crippen LogP contribution in [0.3, 0.4) is 0 Å². The molecule has 0 heterocycles. The van der Waals surface area contributed by atoms with E-state index in [1.807, 2.05) is 18.2 Å². The number of amides is 1. The minimum absolute atomic E-state index is 0.170. The van der Waals surface area contributed by atoms with Crippen LogP contribution in [-0.4, -0.2) is 30.9 Å². The Labute approximate surface area is 159 Å². The summed E-state index contributed by atoms with van der Waals surface area (Å²) >= 11 is 0. The van der Waals surface area contributed by atoms with Gasteiger partial charge in [0, 0.05) is 0 Å². The van der Waals surface area contributed by atoms with Gasteiger partial charge in [0.05, 0.1) is 26.4 Å². The van der Waals surface area contributed by atoms with E-state index in [9.17, 15) is 9.90 Å². The van der Waals surface area contributed by atoms with Crippen molar-refractivity contribution in [3.8, 4) is 17.2 Å². The van der Waals surface area contributed by atoms with Crippen molar-refractivity contribution in [3.63, 3.8) is 0 Å². The first-order chi connectivity index (χ1) is 13.1. The summed E-state index contributed by atoms with van der Waals surface area (Å²) in [6, 6.07) is 12.0. The van der Waals surface area contributed by atoms with Crippen LogP contribution < -0.4 is 14.9 Å². The van der Waals surface area contributed by atoms with Crippen LogP contribution in [0.1, 0.15) is 37.3 Å². The first-order valence-corrected chi connectivity index (χ1v) is 9.03. The number of carbonyl (C=O) groups excluding carboxylic acids is 1. The topological polar surface area (TPSA) is 80.2 Å². The smallest absolute Gasteiger partial charge is 0.244 e. The number of hydrazone groups is 1. The number of aromatic hydroxyl groups is 1. The van der Waals surface area contributed by atoms with Gasteiger partial charge in [-0.1, -0.05) is 31.9 Å². The molecule has 0 saturated heterocycles. The zero-order chi connectivity index (χ0) is 19.5. The van der Waals surface area contributed by atoms with Gasteiger partial charge in [-0.25, -0.2) is 5.43 Å². The van der Waals surface area contributed by atoms with Crippen LogP contribution in [0.25, 0.3) is 0 Å². The number of hydrogen-bond donors (Lipinski definition) is 2. The van der Waals surface area contributed by atoms with Crippen molar-refractivity contribution in [2.75, 3.05) is 13.7 Å². The van der Waals surface area contributed by atoms with Crippen LogP contribution in [0.15, 0.2) is 47.6 Å². The standard InChI is InChI=1S/C21H26N2O4/c1-3-4-5-12-27-19-11-8-17(13-20(19)26-2)15-22-23-21(25)14-16-6-9-18(24)10-7-16/h6-11,13,15,24H,3-5,12,14H2,1-2H3,(H,23,25)/b22-15-. The number of methoxy groups -OCH3 is 1. The zero-order valence-corrected chi connectivity index (χ0v) is 15.8. The highest BCUT2D eigenvalue weighted by Crippen LogP contribution is 2.27. The Morgan fingerprint density at radius 2 is 1.93 bits per heavy atom. The summed E-state index contributed by atoms with van der Waals surface area (Å²) in [5, 5.41) is 13.2. The van der Waals surface area contributed by atoms with Crippen molar-refractivity contribution in [3.05, 3.63) is 53.6 Å². The van der Waals surface area contributed by atoms with E-state index < -0.39 is 0 Å². The van der Waals surface area contributed by atoms with E-state index in [1.54, 1.807) is 37.6 Å². The molecule has 2 N–H and O–H groups in total. The highest BCUT2D eigenvalue weighted by atomic mass is 16.5. The number of nitrogens with zero attached hydrogens (tertiary/aromatic N) is 1. The van der Waals surface area contributed by atoms with Gasteiger partial charge in [0.1, 0.15) is 5.75 Å². The van der Waals surface area contributed by atoms with Gasteiger partial charge < -0.3 is 14.6 Å². The Morgan fingerprint density at radius 1 is 1.15 bits per heavy atom. The maximum absolute atomic E-state index is 11.9. The zero-order valence-electron chi connectivity index (χ0n) is 15.8. The van der Waals surface area contributed by atoms with E-state index in [1.165, 1.54) is 0 Å². The molecule has 0 saturated carbocycles. The molecule has 2 aromatic carbocycles. The lowest BCUT2D eigenvalue weighted by Gasteiger charge is -2.11. The molecule has 0 aromatic heterocycles. The SMILES string of the molecule is CCCCCOc1ccc(/C=N\NC(=O)Cc2ccc(O)cc2)cc1OC. The third kappa shape index (κ3) is 7.01. The quantitative estimate of drug-likeness (QED) is 0.380. The molecule has 0 radical (unpaired) electrons. The van der Waals surface area contributed by atoms with Crippen molar-refractivity contribution < 1.29 is 19.4 Å². The van der Waals surface area contributed by atoms with Crippen LogP contribution >= 0.6 is 0 Å². The van der Waals surface area contributed by atoms with Gasteiger partial charge in [-0.15, -0.1) is 0 Å². The Morgan fingerprint density at radius 3 is 2.63 bits per heavy atom. The average Bonchev–Trinajstić information content (AvgIpc) is 2.67. The number of carbonyl (C=O) groups is 1. The van der Waals surface area contributed by atoms with E-state index >= 15 is 0 Å². The number of rotatable bonds is 10. The lowest BCUT2D eigenvalue weighted by atomic mass is 10.1. The number of hydrogen-bond acceptors (Lipinski definition) is 5. The van der Waals surface area contributed by atoms with Crippen LogP contribution in [0.4, 0.5) is 0 Å². The molecule has 6 heteroatoms. The maximum Gasteiger partial charge on any atom is 0.244 e. The number of phenols is 1. The largest absolute Gasteiger partial charge is 0.508 e. The second-order valence-corrected chi connectivity index (χ2v) is 6.10. The molecule has 2 aromatic rings. The van der Waals surface area contributed by atoms with Crippen LogP contribution in [0.2, 0.25) is 0 Å². The molecule has 0 fully saturated rings. The molecule has 27 heavy (non-hydrogen) atoms. The summed E-state index contributed by atoms with van der Waals surface area (Å²) in [7, 11) is 1.59. The Kier molecular flexibility index (Phi) is 8.16. The van der Waals surface area contributed by atoms with Crippen LogP contribution in [0.5, 0.6) is 17.2 Å². The van der Waals surface area contributed by atoms with Gasteiger partial charge in [0.25, 0.3) is 0 Å². The van der Waals surface area contributed by atoms with Crippen LogP contribution in [0, 0.1) is 0 Å². The second kappa shape index (κ2) is 10.9. The van der Waals surface area contributed by atoms with Crippen molar-refractivity contribution in [1.29, 1.82) is 0 Å². The number of ether oxygens (including phenoxy) is 2. The van der Waals surface area contributed by atoms with Crippen LogP contribution in [-0.2, 0) is 11.2 Å². The highest BCUT2D eigenvalue weighted by molar-refractivity contribution is 5.84. The lowest BCUT2D eigenvalue weighted by Crippen LogP contribution is -2.19. The monoisotopic (exact) mass is 370 g/mol. The van der Waals surface area contributed by atoms with Crippen molar-refractivity contribution in [2.45, 2.75) is 32.6 Å². The van der Waals surface area contributed by atoms with Gasteiger partial charge >= 0.3 is 0 Å². The van der Waals surface area contributed by atoms with E-state index in [0.29, 0.717) is 18.1 Å². The predicted molar refractivity (Wildman–Crippen MR) is 106 cm³/mol. The lowest BCUT2D eigenvalue weighted by molar-refractivity contribution is -0.120. The maximum atomic E-state index is 11.9. The molecule has 2 rings (SSSR count). The molecule has 1 amide bonds. The molecule has 0 aliphatic carbocycles. The molecule has 0 unspecified atom stereocenters. The summed E-state index contributed by atoms with van der Waals surface area (Å²) in [6.07, 6.45) is 5.03. The normalized spacial score (nSPS) is 10.7. The summed E-state index contributed by atoms with van der Waals surface area (Å²) in [4.78, 5) is 11.9. The molecular formula is C21H26N2O4. The third-order valence-corrected chi connectivity index (χ3v) is 3.90. The highest BCUT2D eigenvalue weighted by Gasteiger charge is 2.06. The predicted octanol–water partition coefficient (Wildman–Crippen LogP) is 3.66. The van der Waals surface area contributed by atoms with Gasteiger partial charge in [-0.3, -0.25) is 4.79 Å². The van der Waals surface area contributed by atoms with Gasteiger partial charge in [-0.2, -0.15) is 5.10 Å². The molecule has 0 atom stereocenters. The van der Waals surface area contributed by atoms with Crippen molar-refractivity contribution in [1.82, 2.24) is 5.43 Å². The fraction of sp³-hybridized carbons (Fsp3) is 0.333. The summed E-state index contributed by atoms with van der Waals surface area (Å²) < 4.78 is 11.1. The first kappa shape index (κ1) is 20.3. The van der Waals surface area contributed by atoms with E-state index in [0.717, 1.165) is 30.4 Å². The average molecular weight is 370 g/mol. The van der Waals surface area contributed by atoms with E-state index in [-0.39, 0.29) is 18.1 Å². The summed E-state index contributed by atoms with van der Waals surface area (Å²) in [5.41, 5.74) is 4.08. The Balaban J connectivity index is 1.88. The van der Waals surface area contributed by atoms with Gasteiger partial charge in [-0.05, 0) is 47.9 Å². The van der Waals surface area contributed by atoms with Gasteiger partial charge in [0.2, 0.25) is 5.91 Å². The van der Waals surface area contributed by atoms with E-state index in [4.69, 9.17) is 9.47 Å². The molecule has 6 nitrogen and oxygen atoms in total. The molecular weight excluding hydrogens is 344 g/mol. The van der Waals surface area contributed by atoms with Crippen molar-refractivity contribution >= 4 is 12.1 Å². The van der Waals surface area contributed by atoms with Crippen molar-refractivity contribution in [2.24, 2.45) is 5.10 Å². The molecule has 0 aliphatic rings. The minimum Gasteiger partial charge on any atom is -0.508 e. The number of phenolic OH excluding ortho intramolecular Hbond substituents is 1. The molecule has 144 valence electrons. The summed E-state index contributed by atoms with van der Waals surface area (Å²) in [6.45, 7) is 2.81. The Hall–Kier alpha value is -3.02. The number of benzene rings is 2. The fourth-order valence-electron chi connectivity index (χ4n) is 2.44. The molecule has 0 spiro atoms. The minimum atomic E-state index is -0.236.